The van der Waals surface area contributed by atoms with Crippen LogP contribution in [0.25, 0.3) is 11.0 Å². The fraction of sp³-hybridized carbons (Fsp3) is 0.125. The molecule has 0 saturated heterocycles. The van der Waals surface area contributed by atoms with Crippen molar-refractivity contribution in [1.82, 2.24) is 0 Å². The monoisotopic (exact) mass is 300 g/mol. The van der Waals surface area contributed by atoms with Crippen molar-refractivity contribution in [3.8, 4) is 5.75 Å². The van der Waals surface area contributed by atoms with Crippen molar-refractivity contribution in [1.29, 1.82) is 0 Å². The fourth-order valence-corrected chi connectivity index (χ4v) is 2.33. The molecular weight excluding hydrogens is 288 g/mol. The first kappa shape index (κ1) is 13.9. The number of hydrogen-bond acceptors (Lipinski definition) is 5. The summed E-state index contributed by atoms with van der Waals surface area (Å²) >= 11 is 0. The van der Waals surface area contributed by atoms with Crippen molar-refractivity contribution < 1.29 is 28.6 Å². The van der Waals surface area contributed by atoms with E-state index in [2.05, 4.69) is 0 Å². The molecule has 2 N–H and O–H groups in total. The number of phenolic OH excluding ortho intramolecular Hbond substituents is 1. The van der Waals surface area contributed by atoms with Gasteiger partial charge >= 0.3 is 5.97 Å². The molecule has 0 amide bonds. The van der Waals surface area contributed by atoms with E-state index in [-0.39, 0.29) is 22.5 Å². The Morgan fingerprint density at radius 3 is 2.59 bits per heavy atom. The Morgan fingerprint density at radius 2 is 1.95 bits per heavy atom. The quantitative estimate of drug-likeness (QED) is 0.718. The molecule has 0 fully saturated rings. The predicted octanol–water partition coefficient (Wildman–Crippen LogP) is 3.15. The van der Waals surface area contributed by atoms with E-state index in [1.807, 2.05) is 0 Å². The molecule has 2 heterocycles. The highest BCUT2D eigenvalue weighted by atomic mass is 16.4. The lowest BCUT2D eigenvalue weighted by Gasteiger charge is -2.12. The molecule has 3 aromatic rings. The van der Waals surface area contributed by atoms with Crippen LogP contribution in [-0.2, 0) is 4.79 Å². The summed E-state index contributed by atoms with van der Waals surface area (Å²) in [5.74, 6) is -3.01. The van der Waals surface area contributed by atoms with E-state index in [1.54, 1.807) is 12.1 Å². The average molecular weight is 300 g/mol. The summed E-state index contributed by atoms with van der Waals surface area (Å²) in [6, 6.07) is 6.12. The summed E-state index contributed by atoms with van der Waals surface area (Å²) in [7, 11) is 0. The predicted molar refractivity (Wildman–Crippen MR) is 76.1 cm³/mol. The molecule has 6 nitrogen and oxygen atoms in total. The van der Waals surface area contributed by atoms with E-state index >= 15 is 0 Å². The lowest BCUT2D eigenvalue weighted by atomic mass is 9.93. The van der Waals surface area contributed by atoms with Gasteiger partial charge in [0.05, 0.1) is 18.4 Å². The van der Waals surface area contributed by atoms with Crippen molar-refractivity contribution in [2.75, 3.05) is 0 Å². The van der Waals surface area contributed by atoms with Crippen LogP contribution in [-0.4, -0.2) is 22.0 Å². The van der Waals surface area contributed by atoms with E-state index in [0.717, 1.165) is 0 Å². The van der Waals surface area contributed by atoms with Crippen LogP contribution in [0.1, 0.15) is 34.5 Å². The Labute approximate surface area is 124 Å². The van der Waals surface area contributed by atoms with E-state index in [4.69, 9.17) is 13.9 Å². The van der Waals surface area contributed by atoms with Crippen molar-refractivity contribution in [2.45, 2.75) is 12.8 Å². The Balaban J connectivity index is 2.28. The highest BCUT2D eigenvalue weighted by Crippen LogP contribution is 2.37. The summed E-state index contributed by atoms with van der Waals surface area (Å²) in [5, 5.41) is 20.1. The molecule has 1 atom stereocenters. The summed E-state index contributed by atoms with van der Waals surface area (Å²) in [6.07, 6.45) is 2.71. The highest BCUT2D eigenvalue weighted by Gasteiger charge is 2.28. The van der Waals surface area contributed by atoms with Gasteiger partial charge in [0.1, 0.15) is 16.9 Å². The van der Waals surface area contributed by atoms with Gasteiger partial charge in [0, 0.05) is 10.9 Å². The molecular formula is C16H12O6. The largest absolute Gasteiger partial charge is 0.507 e. The Bertz CT molecular complexity index is 856. The van der Waals surface area contributed by atoms with Gasteiger partial charge in [0.15, 0.2) is 5.76 Å². The minimum Gasteiger partial charge on any atom is -0.507 e. The normalized spacial score (nSPS) is 12.4. The number of phenols is 1. The summed E-state index contributed by atoms with van der Waals surface area (Å²) in [6.45, 7) is 1.43. The number of hydrogen-bond donors (Lipinski definition) is 2. The Hall–Kier alpha value is -3.02. The van der Waals surface area contributed by atoms with Crippen LogP contribution in [0.2, 0.25) is 0 Å². The standard InChI is InChI=1S/C16H12O6/c1-8(16(19)20)10-7-9-4-6-22-15(9)12(13(10)17)14(18)11-3-2-5-21-11/h2-8,17H,1H3,(H,19,20). The first-order chi connectivity index (χ1) is 10.5. The number of aromatic hydroxyl groups is 1. The molecule has 0 radical (unpaired) electrons. The van der Waals surface area contributed by atoms with E-state index < -0.39 is 23.4 Å². The SMILES string of the molecule is CC(C(=O)O)c1cc2ccoc2c(C(=O)c2ccco2)c1O. The van der Waals surface area contributed by atoms with E-state index in [9.17, 15) is 14.7 Å². The topological polar surface area (TPSA) is 101 Å². The van der Waals surface area contributed by atoms with E-state index in [1.165, 1.54) is 31.6 Å². The lowest BCUT2D eigenvalue weighted by molar-refractivity contribution is -0.138. The van der Waals surface area contributed by atoms with Gasteiger partial charge in [-0.15, -0.1) is 0 Å². The second kappa shape index (κ2) is 5.07. The number of aliphatic carboxylic acids is 1. The zero-order chi connectivity index (χ0) is 15.9. The van der Waals surface area contributed by atoms with Gasteiger partial charge in [-0.05, 0) is 31.2 Å². The molecule has 0 saturated carbocycles. The molecule has 0 bridgehead atoms. The molecule has 0 spiro atoms. The van der Waals surface area contributed by atoms with Gasteiger partial charge in [-0.25, -0.2) is 0 Å². The molecule has 3 rings (SSSR count). The Morgan fingerprint density at radius 1 is 1.18 bits per heavy atom. The van der Waals surface area contributed by atoms with Crippen LogP contribution < -0.4 is 0 Å². The second-order valence-corrected chi connectivity index (χ2v) is 4.89. The van der Waals surface area contributed by atoms with Crippen molar-refractivity contribution in [3.63, 3.8) is 0 Å². The third-order valence-electron chi connectivity index (χ3n) is 3.55. The number of carbonyl (C=O) groups excluding carboxylic acids is 1. The maximum absolute atomic E-state index is 12.5. The molecule has 1 aromatic carbocycles. The van der Waals surface area contributed by atoms with Crippen LogP contribution in [0.15, 0.2) is 45.6 Å². The molecule has 22 heavy (non-hydrogen) atoms. The number of ketones is 1. The first-order valence-corrected chi connectivity index (χ1v) is 6.54. The molecule has 0 aliphatic carbocycles. The maximum atomic E-state index is 12.5. The lowest BCUT2D eigenvalue weighted by Crippen LogP contribution is -2.10. The van der Waals surface area contributed by atoms with Gasteiger partial charge < -0.3 is 19.0 Å². The van der Waals surface area contributed by atoms with Crippen molar-refractivity contribution in [2.24, 2.45) is 0 Å². The highest BCUT2D eigenvalue weighted by molar-refractivity contribution is 6.16. The third kappa shape index (κ3) is 2.05. The summed E-state index contributed by atoms with van der Waals surface area (Å²) in [4.78, 5) is 23.7. The molecule has 0 aliphatic rings. The first-order valence-electron chi connectivity index (χ1n) is 6.54. The van der Waals surface area contributed by atoms with Crippen LogP contribution in [0.4, 0.5) is 0 Å². The molecule has 112 valence electrons. The second-order valence-electron chi connectivity index (χ2n) is 4.89. The number of carbonyl (C=O) groups is 2. The molecule has 0 aliphatic heterocycles. The number of carboxylic acids is 1. The van der Waals surface area contributed by atoms with Crippen molar-refractivity contribution >= 4 is 22.7 Å². The maximum Gasteiger partial charge on any atom is 0.310 e. The zero-order valence-corrected chi connectivity index (χ0v) is 11.6. The molecule has 6 heteroatoms. The third-order valence-corrected chi connectivity index (χ3v) is 3.55. The van der Waals surface area contributed by atoms with Crippen LogP contribution in [0.3, 0.4) is 0 Å². The molecule has 2 aromatic heterocycles. The Kier molecular flexibility index (Phi) is 3.21. The molecule has 1 unspecified atom stereocenters. The van der Waals surface area contributed by atoms with Crippen LogP contribution in [0, 0.1) is 0 Å². The van der Waals surface area contributed by atoms with Crippen LogP contribution in [0.5, 0.6) is 5.75 Å². The van der Waals surface area contributed by atoms with Gasteiger partial charge in [0.25, 0.3) is 0 Å². The zero-order valence-electron chi connectivity index (χ0n) is 11.6. The summed E-state index contributed by atoms with van der Waals surface area (Å²) < 4.78 is 10.3. The van der Waals surface area contributed by atoms with Gasteiger partial charge in [0.2, 0.25) is 5.78 Å². The minimum absolute atomic E-state index is 0.0353. The van der Waals surface area contributed by atoms with Crippen molar-refractivity contribution in [3.05, 3.63) is 53.7 Å². The number of carboxylic acid groups (broad SMARTS) is 1. The van der Waals surface area contributed by atoms with Gasteiger partial charge in [-0.2, -0.15) is 0 Å². The number of furan rings is 2. The van der Waals surface area contributed by atoms with Gasteiger partial charge in [-0.3, -0.25) is 9.59 Å². The number of benzene rings is 1. The smallest absolute Gasteiger partial charge is 0.310 e. The minimum atomic E-state index is -1.10. The fourth-order valence-electron chi connectivity index (χ4n) is 2.33. The average Bonchev–Trinajstić information content (AvgIpc) is 3.16. The number of fused-ring (bicyclic) bond motifs is 1. The van der Waals surface area contributed by atoms with E-state index in [0.29, 0.717) is 5.39 Å². The van der Waals surface area contributed by atoms with Gasteiger partial charge in [-0.1, -0.05) is 0 Å². The summed E-state index contributed by atoms with van der Waals surface area (Å²) in [5.41, 5.74) is 0.247. The number of rotatable bonds is 4. The van der Waals surface area contributed by atoms with Crippen LogP contribution >= 0.6 is 0 Å².